The fourth-order valence-electron chi connectivity index (χ4n) is 3.96. The van der Waals surface area contributed by atoms with Crippen LogP contribution in [0.5, 0.6) is 5.75 Å². The molecule has 2 aliphatic rings. The number of hydrogen-bond acceptors (Lipinski definition) is 4. The first-order valence-corrected chi connectivity index (χ1v) is 8.77. The minimum atomic E-state index is -0.796. The van der Waals surface area contributed by atoms with Gasteiger partial charge in [-0.3, -0.25) is 14.6 Å². The standard InChI is InChI=1S/C19H24N2O4/c1-12(22)21-7-5-14(9-19(24)25)15(11-21)8-18-17-10-16(23)3-2-13(17)4-6-20-18/h2-3,10,14-15,23H,4-9,11H2,1H3,(H,24,25)/t14-,15-/m0/s1. The Kier molecular flexibility index (Phi) is 5.06. The minimum Gasteiger partial charge on any atom is -0.508 e. The van der Waals surface area contributed by atoms with Crippen molar-refractivity contribution in [3.05, 3.63) is 29.3 Å². The van der Waals surface area contributed by atoms with Crippen LogP contribution in [0.25, 0.3) is 0 Å². The lowest BCUT2D eigenvalue weighted by Gasteiger charge is -2.38. The Morgan fingerprint density at radius 3 is 2.84 bits per heavy atom. The Bertz CT molecular complexity index is 713. The first-order chi connectivity index (χ1) is 11.9. The topological polar surface area (TPSA) is 90.2 Å². The molecule has 2 heterocycles. The maximum atomic E-state index is 11.8. The average Bonchev–Trinajstić information content (AvgIpc) is 2.56. The fourth-order valence-corrected chi connectivity index (χ4v) is 3.96. The molecule has 1 amide bonds. The van der Waals surface area contributed by atoms with E-state index in [1.807, 2.05) is 6.07 Å². The molecule has 3 rings (SSSR count). The van der Waals surface area contributed by atoms with Gasteiger partial charge in [-0.15, -0.1) is 0 Å². The van der Waals surface area contributed by atoms with Crippen LogP contribution in [-0.4, -0.2) is 52.3 Å². The number of carbonyl (C=O) groups is 2. The predicted molar refractivity (Wildman–Crippen MR) is 93.9 cm³/mol. The monoisotopic (exact) mass is 344 g/mol. The Morgan fingerprint density at radius 1 is 1.32 bits per heavy atom. The summed E-state index contributed by atoms with van der Waals surface area (Å²) in [6.07, 6.45) is 2.31. The third kappa shape index (κ3) is 4.00. The summed E-state index contributed by atoms with van der Waals surface area (Å²) in [5.74, 6) is -0.443. The van der Waals surface area contributed by atoms with Crippen molar-refractivity contribution in [3.8, 4) is 5.75 Å². The van der Waals surface area contributed by atoms with Crippen LogP contribution in [0.4, 0.5) is 0 Å². The van der Waals surface area contributed by atoms with Crippen LogP contribution < -0.4 is 0 Å². The SMILES string of the molecule is CC(=O)N1CC[C@@H](CC(=O)O)[C@@H](CC2=NCCc3ccc(O)cc32)C1. The molecule has 1 fully saturated rings. The van der Waals surface area contributed by atoms with E-state index in [1.54, 1.807) is 24.0 Å². The summed E-state index contributed by atoms with van der Waals surface area (Å²) in [5.41, 5.74) is 3.04. The summed E-state index contributed by atoms with van der Waals surface area (Å²) in [7, 11) is 0. The maximum Gasteiger partial charge on any atom is 0.303 e. The molecule has 0 unspecified atom stereocenters. The number of carboxylic acid groups (broad SMARTS) is 1. The van der Waals surface area contributed by atoms with Gasteiger partial charge >= 0.3 is 5.97 Å². The summed E-state index contributed by atoms with van der Waals surface area (Å²) in [6.45, 7) is 3.45. The van der Waals surface area contributed by atoms with Crippen LogP contribution in [0.15, 0.2) is 23.2 Å². The summed E-state index contributed by atoms with van der Waals surface area (Å²) in [6, 6.07) is 5.36. The first kappa shape index (κ1) is 17.5. The number of carbonyl (C=O) groups excluding carboxylic acids is 1. The van der Waals surface area contributed by atoms with E-state index in [1.165, 1.54) is 0 Å². The number of hydrogen-bond donors (Lipinski definition) is 2. The lowest BCUT2D eigenvalue weighted by molar-refractivity contribution is -0.139. The van der Waals surface area contributed by atoms with Crippen LogP contribution in [0, 0.1) is 11.8 Å². The molecule has 2 N–H and O–H groups in total. The van der Waals surface area contributed by atoms with Crippen molar-refractivity contribution in [3.63, 3.8) is 0 Å². The normalized spacial score (nSPS) is 22.9. The molecular formula is C19H24N2O4. The van der Waals surface area contributed by atoms with Gasteiger partial charge in [-0.05, 0) is 48.8 Å². The molecule has 0 saturated carbocycles. The highest BCUT2D eigenvalue weighted by atomic mass is 16.4. The van der Waals surface area contributed by atoms with Crippen molar-refractivity contribution in [2.45, 2.75) is 32.6 Å². The zero-order chi connectivity index (χ0) is 18.0. The number of phenols is 1. The number of aliphatic imine (C=N–C) groups is 1. The molecule has 6 nitrogen and oxygen atoms in total. The second kappa shape index (κ2) is 7.25. The molecule has 1 aromatic rings. The van der Waals surface area contributed by atoms with E-state index < -0.39 is 5.97 Å². The third-order valence-corrected chi connectivity index (χ3v) is 5.32. The zero-order valence-corrected chi connectivity index (χ0v) is 14.4. The molecule has 134 valence electrons. The highest BCUT2D eigenvalue weighted by Gasteiger charge is 2.33. The highest BCUT2D eigenvalue weighted by molar-refractivity contribution is 6.03. The number of rotatable bonds is 4. The van der Waals surface area contributed by atoms with E-state index in [2.05, 4.69) is 4.99 Å². The fraction of sp³-hybridized carbons (Fsp3) is 0.526. The number of piperidine rings is 1. The molecule has 25 heavy (non-hydrogen) atoms. The van der Waals surface area contributed by atoms with Gasteiger partial charge in [0.25, 0.3) is 0 Å². The number of carboxylic acids is 1. The maximum absolute atomic E-state index is 11.8. The quantitative estimate of drug-likeness (QED) is 0.875. The van der Waals surface area contributed by atoms with Gasteiger partial charge in [0.1, 0.15) is 5.75 Å². The molecule has 1 saturated heterocycles. The van der Waals surface area contributed by atoms with Crippen LogP contribution in [0.3, 0.4) is 0 Å². The smallest absolute Gasteiger partial charge is 0.303 e. The molecule has 1 aromatic carbocycles. The van der Waals surface area contributed by atoms with Gasteiger partial charge in [-0.2, -0.15) is 0 Å². The average molecular weight is 344 g/mol. The molecule has 0 aliphatic carbocycles. The van der Waals surface area contributed by atoms with Crippen molar-refractivity contribution in [2.75, 3.05) is 19.6 Å². The number of aliphatic carboxylic acids is 1. The summed E-state index contributed by atoms with van der Waals surface area (Å²) in [4.78, 5) is 29.4. The number of fused-ring (bicyclic) bond motifs is 1. The number of aromatic hydroxyl groups is 1. The van der Waals surface area contributed by atoms with E-state index in [9.17, 15) is 19.8 Å². The zero-order valence-electron chi connectivity index (χ0n) is 14.4. The second-order valence-corrected chi connectivity index (χ2v) is 7.00. The van der Waals surface area contributed by atoms with Gasteiger partial charge in [-0.25, -0.2) is 0 Å². The molecule has 2 aliphatic heterocycles. The molecule has 0 bridgehead atoms. The number of benzene rings is 1. The number of nitrogens with zero attached hydrogens (tertiary/aromatic N) is 2. The van der Waals surface area contributed by atoms with Crippen molar-refractivity contribution >= 4 is 17.6 Å². The number of phenolic OH excluding ortho intramolecular Hbond substituents is 1. The van der Waals surface area contributed by atoms with Crippen molar-refractivity contribution in [1.82, 2.24) is 4.90 Å². The summed E-state index contributed by atoms with van der Waals surface area (Å²) < 4.78 is 0. The van der Waals surface area contributed by atoms with E-state index in [-0.39, 0.29) is 29.9 Å². The lowest BCUT2D eigenvalue weighted by atomic mass is 9.78. The van der Waals surface area contributed by atoms with Crippen molar-refractivity contribution < 1.29 is 19.8 Å². The van der Waals surface area contributed by atoms with Gasteiger partial charge in [0.2, 0.25) is 5.91 Å². The van der Waals surface area contributed by atoms with Crippen molar-refractivity contribution in [2.24, 2.45) is 16.8 Å². The molecule has 0 aromatic heterocycles. The summed E-state index contributed by atoms with van der Waals surface area (Å²) >= 11 is 0. The van der Waals surface area contributed by atoms with E-state index >= 15 is 0 Å². The Morgan fingerprint density at radius 2 is 2.12 bits per heavy atom. The van der Waals surface area contributed by atoms with Gasteiger partial charge in [0.05, 0.1) is 0 Å². The van der Waals surface area contributed by atoms with Crippen LogP contribution in [0.2, 0.25) is 0 Å². The van der Waals surface area contributed by atoms with Crippen molar-refractivity contribution in [1.29, 1.82) is 0 Å². The number of amides is 1. The minimum absolute atomic E-state index is 0.0300. The van der Waals surface area contributed by atoms with Gasteiger partial charge in [0, 0.05) is 44.3 Å². The van der Waals surface area contributed by atoms with Crippen LogP contribution in [0.1, 0.15) is 37.3 Å². The van der Waals surface area contributed by atoms with E-state index in [4.69, 9.17) is 0 Å². The Hall–Kier alpha value is -2.37. The van der Waals surface area contributed by atoms with Crippen LogP contribution >= 0.6 is 0 Å². The first-order valence-electron chi connectivity index (χ1n) is 8.77. The Labute approximate surface area is 147 Å². The van der Waals surface area contributed by atoms with E-state index in [0.29, 0.717) is 32.5 Å². The number of likely N-dealkylation sites (tertiary alicyclic amines) is 1. The largest absolute Gasteiger partial charge is 0.508 e. The third-order valence-electron chi connectivity index (χ3n) is 5.32. The highest BCUT2D eigenvalue weighted by Crippen LogP contribution is 2.32. The molecule has 6 heteroatoms. The second-order valence-electron chi connectivity index (χ2n) is 7.00. The molecular weight excluding hydrogens is 320 g/mol. The lowest BCUT2D eigenvalue weighted by Crippen LogP contribution is -2.44. The van der Waals surface area contributed by atoms with Gasteiger partial charge < -0.3 is 15.1 Å². The molecule has 0 radical (unpaired) electrons. The van der Waals surface area contributed by atoms with Gasteiger partial charge in [-0.1, -0.05) is 6.07 Å². The molecule has 2 atom stereocenters. The Balaban J connectivity index is 1.82. The van der Waals surface area contributed by atoms with Crippen LogP contribution in [-0.2, 0) is 16.0 Å². The molecule has 0 spiro atoms. The van der Waals surface area contributed by atoms with Gasteiger partial charge in [0.15, 0.2) is 0 Å². The summed E-state index contributed by atoms with van der Waals surface area (Å²) in [5, 5.41) is 19.0. The predicted octanol–water partition coefficient (Wildman–Crippen LogP) is 2.09. The van der Waals surface area contributed by atoms with E-state index in [0.717, 1.165) is 23.3 Å².